The molecule has 10 heteroatoms. The van der Waals surface area contributed by atoms with Crippen molar-refractivity contribution in [1.29, 1.82) is 0 Å². The summed E-state index contributed by atoms with van der Waals surface area (Å²) in [7, 11) is 3.33. The number of carbonyl (C=O) groups excluding carboxylic acids is 2. The van der Waals surface area contributed by atoms with Gasteiger partial charge >= 0.3 is 6.09 Å². The highest BCUT2D eigenvalue weighted by molar-refractivity contribution is 5.82. The highest BCUT2D eigenvalue weighted by atomic mass is 16.6. The van der Waals surface area contributed by atoms with Gasteiger partial charge in [0.15, 0.2) is 5.43 Å². The lowest BCUT2D eigenvalue weighted by molar-refractivity contribution is -0.129. The Bertz CT molecular complexity index is 1170. The van der Waals surface area contributed by atoms with Crippen molar-refractivity contribution in [1.82, 2.24) is 25.2 Å². The molecular formula is C21H25N5O5. The third kappa shape index (κ3) is 5.68. The molecule has 0 unspecified atom stereocenters. The lowest BCUT2D eigenvalue weighted by Crippen LogP contribution is -2.32. The van der Waals surface area contributed by atoms with Gasteiger partial charge in [0.25, 0.3) is 0 Å². The van der Waals surface area contributed by atoms with Crippen molar-refractivity contribution in [2.24, 2.45) is 0 Å². The highest BCUT2D eigenvalue weighted by Gasteiger charge is 2.16. The molecule has 31 heavy (non-hydrogen) atoms. The standard InChI is InChI=1S/C21H25N5O5/c1-21(2,3)31-20(29)22-10-14-9-17(27)15-8-13(6-7-18(15)30-14)16-11-26(24-23-16)12-19(28)25(4)5/h6-9,11H,10,12H2,1-5H3,(H,22,29). The number of ether oxygens (including phenoxy) is 1. The van der Waals surface area contributed by atoms with E-state index < -0.39 is 11.7 Å². The molecule has 0 saturated carbocycles. The summed E-state index contributed by atoms with van der Waals surface area (Å²) in [5, 5.41) is 11.0. The quantitative estimate of drug-likeness (QED) is 0.662. The smallest absolute Gasteiger partial charge is 0.408 e. The van der Waals surface area contributed by atoms with Gasteiger partial charge in [0, 0.05) is 25.7 Å². The topological polar surface area (TPSA) is 120 Å². The van der Waals surface area contributed by atoms with Crippen LogP contribution in [0, 0.1) is 0 Å². The molecule has 3 rings (SSSR count). The monoisotopic (exact) mass is 427 g/mol. The summed E-state index contributed by atoms with van der Waals surface area (Å²) in [6, 6.07) is 6.40. The van der Waals surface area contributed by atoms with Crippen LogP contribution in [-0.4, -0.2) is 51.6 Å². The van der Waals surface area contributed by atoms with E-state index in [1.165, 1.54) is 15.6 Å². The number of benzene rings is 1. The second-order valence-corrected chi connectivity index (χ2v) is 8.23. The normalized spacial score (nSPS) is 11.4. The van der Waals surface area contributed by atoms with Crippen LogP contribution in [0.25, 0.3) is 22.2 Å². The number of rotatable bonds is 5. The molecule has 0 radical (unpaired) electrons. The molecule has 10 nitrogen and oxygen atoms in total. The van der Waals surface area contributed by atoms with E-state index in [1.807, 2.05) is 0 Å². The first kappa shape index (κ1) is 22.0. The molecule has 0 saturated heterocycles. The average Bonchev–Trinajstić information content (AvgIpc) is 3.13. The Labute approximate surface area is 178 Å². The molecule has 0 bridgehead atoms. The zero-order chi connectivity index (χ0) is 22.8. The predicted molar refractivity (Wildman–Crippen MR) is 113 cm³/mol. The van der Waals surface area contributed by atoms with Gasteiger partial charge in [-0.15, -0.1) is 5.10 Å². The number of nitrogens with zero attached hydrogens (tertiary/aromatic N) is 4. The lowest BCUT2D eigenvalue weighted by atomic mass is 10.1. The van der Waals surface area contributed by atoms with Crippen LogP contribution in [0.15, 0.2) is 39.7 Å². The Morgan fingerprint density at radius 1 is 1.23 bits per heavy atom. The van der Waals surface area contributed by atoms with Crippen molar-refractivity contribution in [2.45, 2.75) is 39.5 Å². The van der Waals surface area contributed by atoms with Crippen molar-refractivity contribution in [3.8, 4) is 11.3 Å². The van der Waals surface area contributed by atoms with Gasteiger partial charge in [0.05, 0.1) is 18.1 Å². The largest absolute Gasteiger partial charge is 0.459 e. The molecule has 164 valence electrons. The van der Waals surface area contributed by atoms with Crippen molar-refractivity contribution < 1.29 is 18.7 Å². The number of aromatic nitrogens is 3. The molecule has 3 aromatic rings. The van der Waals surface area contributed by atoms with E-state index in [-0.39, 0.29) is 24.4 Å². The fraction of sp³-hybridized carbons (Fsp3) is 0.381. The Hall–Kier alpha value is -3.69. The summed E-state index contributed by atoms with van der Waals surface area (Å²) in [4.78, 5) is 37.7. The maximum atomic E-state index is 12.6. The van der Waals surface area contributed by atoms with Gasteiger partial charge < -0.3 is 19.4 Å². The minimum absolute atomic E-state index is 0.0239. The molecule has 0 fully saturated rings. The Balaban J connectivity index is 1.78. The lowest BCUT2D eigenvalue weighted by Gasteiger charge is -2.19. The molecule has 0 spiro atoms. The van der Waals surface area contributed by atoms with Crippen LogP contribution in [0.1, 0.15) is 26.5 Å². The fourth-order valence-electron chi connectivity index (χ4n) is 2.71. The van der Waals surface area contributed by atoms with E-state index in [2.05, 4.69) is 15.6 Å². The summed E-state index contributed by atoms with van der Waals surface area (Å²) in [5.41, 5.74) is 0.713. The van der Waals surface area contributed by atoms with E-state index in [1.54, 1.807) is 59.3 Å². The predicted octanol–water partition coefficient (Wildman–Crippen LogP) is 2.16. The highest BCUT2D eigenvalue weighted by Crippen LogP contribution is 2.22. The fourth-order valence-corrected chi connectivity index (χ4v) is 2.71. The first-order chi connectivity index (χ1) is 14.5. The van der Waals surface area contributed by atoms with Gasteiger partial charge in [-0.05, 0) is 39.0 Å². The number of likely N-dealkylation sites (N-methyl/N-ethyl adjacent to an activating group) is 1. The first-order valence-electron chi connectivity index (χ1n) is 9.66. The molecule has 0 atom stereocenters. The van der Waals surface area contributed by atoms with E-state index in [0.29, 0.717) is 28.0 Å². The third-order valence-corrected chi connectivity index (χ3v) is 4.21. The molecule has 2 aromatic heterocycles. The number of alkyl carbamates (subject to hydrolysis) is 1. The van der Waals surface area contributed by atoms with Crippen molar-refractivity contribution in [3.63, 3.8) is 0 Å². The summed E-state index contributed by atoms with van der Waals surface area (Å²) >= 11 is 0. The van der Waals surface area contributed by atoms with Gasteiger partial charge in [-0.3, -0.25) is 9.59 Å². The van der Waals surface area contributed by atoms with Crippen molar-refractivity contribution >= 4 is 23.0 Å². The van der Waals surface area contributed by atoms with Gasteiger partial charge in [0.2, 0.25) is 5.91 Å². The maximum Gasteiger partial charge on any atom is 0.408 e. The van der Waals surface area contributed by atoms with Crippen LogP contribution >= 0.6 is 0 Å². The van der Waals surface area contributed by atoms with Crippen LogP contribution in [0.2, 0.25) is 0 Å². The number of hydrogen-bond acceptors (Lipinski definition) is 7. The number of carbonyl (C=O) groups is 2. The van der Waals surface area contributed by atoms with Crippen molar-refractivity contribution in [3.05, 3.63) is 46.4 Å². The summed E-state index contributed by atoms with van der Waals surface area (Å²) in [6.45, 7) is 5.39. The zero-order valence-electron chi connectivity index (χ0n) is 18.1. The molecule has 2 heterocycles. The second kappa shape index (κ2) is 8.58. The summed E-state index contributed by atoms with van der Waals surface area (Å²) < 4.78 is 12.3. The molecule has 1 N–H and O–H groups in total. The van der Waals surface area contributed by atoms with Crippen LogP contribution in [-0.2, 0) is 22.6 Å². The molecule has 0 aliphatic rings. The van der Waals surface area contributed by atoms with Gasteiger partial charge in [-0.1, -0.05) is 5.21 Å². The van der Waals surface area contributed by atoms with E-state index in [0.717, 1.165) is 0 Å². The van der Waals surface area contributed by atoms with Crippen LogP contribution in [0.3, 0.4) is 0 Å². The Morgan fingerprint density at radius 2 is 1.97 bits per heavy atom. The average molecular weight is 427 g/mol. The number of nitrogens with one attached hydrogen (secondary N) is 1. The number of amides is 2. The Morgan fingerprint density at radius 3 is 2.65 bits per heavy atom. The van der Waals surface area contributed by atoms with E-state index in [9.17, 15) is 14.4 Å². The maximum absolute atomic E-state index is 12.6. The molecule has 2 amide bonds. The van der Waals surface area contributed by atoms with E-state index >= 15 is 0 Å². The van der Waals surface area contributed by atoms with Crippen LogP contribution < -0.4 is 10.7 Å². The van der Waals surface area contributed by atoms with Gasteiger partial charge in [0.1, 0.15) is 29.2 Å². The minimum atomic E-state index is -0.619. The van der Waals surface area contributed by atoms with Gasteiger partial charge in [-0.2, -0.15) is 0 Å². The number of fused-ring (bicyclic) bond motifs is 1. The SMILES string of the molecule is CN(C)C(=O)Cn1cc(-c2ccc3oc(CNC(=O)OC(C)(C)C)cc(=O)c3c2)nn1. The molecule has 1 aromatic carbocycles. The van der Waals surface area contributed by atoms with Crippen LogP contribution in [0.5, 0.6) is 0 Å². The first-order valence-corrected chi connectivity index (χ1v) is 9.66. The summed E-state index contributed by atoms with van der Waals surface area (Å²) in [6.07, 6.45) is 1.05. The molecule has 0 aliphatic heterocycles. The number of hydrogen-bond donors (Lipinski definition) is 1. The zero-order valence-corrected chi connectivity index (χ0v) is 18.1. The third-order valence-electron chi connectivity index (χ3n) is 4.21. The molecule has 0 aliphatic carbocycles. The Kier molecular flexibility index (Phi) is 6.09. The summed E-state index contributed by atoms with van der Waals surface area (Å²) in [5.74, 6) is 0.201. The second-order valence-electron chi connectivity index (χ2n) is 8.23. The van der Waals surface area contributed by atoms with Crippen molar-refractivity contribution in [2.75, 3.05) is 14.1 Å². The van der Waals surface area contributed by atoms with Crippen LogP contribution in [0.4, 0.5) is 4.79 Å². The minimum Gasteiger partial charge on any atom is -0.459 e. The molecular weight excluding hydrogens is 402 g/mol. The van der Waals surface area contributed by atoms with E-state index in [4.69, 9.17) is 9.15 Å². The van der Waals surface area contributed by atoms with Gasteiger partial charge in [-0.25, -0.2) is 9.48 Å².